The molecule has 1 saturated heterocycles. The smallest absolute Gasteiger partial charge is 0.254 e. The monoisotopic (exact) mass is 293 g/mol. The first-order chi connectivity index (χ1) is 10.2. The van der Waals surface area contributed by atoms with Crippen LogP contribution in [0.1, 0.15) is 41.7 Å². The molecule has 0 saturated carbocycles. The second-order valence-corrected chi connectivity index (χ2v) is 5.67. The van der Waals surface area contributed by atoms with Gasteiger partial charge in [0, 0.05) is 25.3 Å². The van der Waals surface area contributed by atoms with Crippen molar-refractivity contribution in [2.75, 3.05) is 32.7 Å². The van der Waals surface area contributed by atoms with Crippen LogP contribution in [-0.2, 0) is 6.54 Å². The minimum Gasteiger partial charge on any atom is -0.351 e. The summed E-state index contributed by atoms with van der Waals surface area (Å²) in [5.74, 6) is -0.0245. The van der Waals surface area contributed by atoms with Crippen LogP contribution in [0.15, 0.2) is 6.20 Å². The van der Waals surface area contributed by atoms with E-state index in [0.717, 1.165) is 38.3 Å². The zero-order valence-corrected chi connectivity index (χ0v) is 13.0. The number of nitrogens with zero attached hydrogens (tertiary/aromatic N) is 3. The summed E-state index contributed by atoms with van der Waals surface area (Å²) in [4.78, 5) is 14.6. The minimum absolute atomic E-state index is 0.0245. The largest absolute Gasteiger partial charge is 0.351 e. The van der Waals surface area contributed by atoms with Crippen molar-refractivity contribution in [3.05, 3.63) is 17.5 Å². The Balaban J connectivity index is 1.78. The van der Waals surface area contributed by atoms with E-state index >= 15 is 0 Å². The molecule has 0 bridgehead atoms. The van der Waals surface area contributed by atoms with E-state index in [2.05, 4.69) is 15.3 Å². The molecule has 0 spiro atoms. The summed E-state index contributed by atoms with van der Waals surface area (Å²) < 4.78 is 1.85. The SMILES string of the molecule is Cc1c(C(=O)NCCN2CCCCC2)cnn1CCCN. The molecule has 0 aromatic carbocycles. The van der Waals surface area contributed by atoms with Crippen LogP contribution in [0.3, 0.4) is 0 Å². The van der Waals surface area contributed by atoms with Gasteiger partial charge in [-0.2, -0.15) is 5.10 Å². The molecule has 0 radical (unpaired) electrons. The average Bonchev–Trinajstić information content (AvgIpc) is 2.87. The molecule has 21 heavy (non-hydrogen) atoms. The molecule has 6 heteroatoms. The van der Waals surface area contributed by atoms with Crippen molar-refractivity contribution in [1.29, 1.82) is 0 Å². The van der Waals surface area contributed by atoms with Gasteiger partial charge in [-0.25, -0.2) is 0 Å². The van der Waals surface area contributed by atoms with Crippen molar-refractivity contribution in [1.82, 2.24) is 20.0 Å². The van der Waals surface area contributed by atoms with Gasteiger partial charge < -0.3 is 16.0 Å². The first kappa shape index (κ1) is 16.0. The second-order valence-electron chi connectivity index (χ2n) is 5.67. The Hall–Kier alpha value is -1.40. The van der Waals surface area contributed by atoms with Crippen molar-refractivity contribution in [2.45, 2.75) is 39.2 Å². The molecule has 1 fully saturated rings. The lowest BCUT2D eigenvalue weighted by Crippen LogP contribution is -2.37. The van der Waals surface area contributed by atoms with Gasteiger partial charge in [0.05, 0.1) is 11.8 Å². The Kier molecular flexibility index (Phi) is 6.20. The highest BCUT2D eigenvalue weighted by atomic mass is 16.1. The van der Waals surface area contributed by atoms with Crippen molar-refractivity contribution >= 4 is 5.91 Å². The third-order valence-electron chi connectivity index (χ3n) is 4.08. The number of rotatable bonds is 7. The van der Waals surface area contributed by atoms with Crippen LogP contribution in [0.25, 0.3) is 0 Å². The molecule has 1 aliphatic heterocycles. The predicted octanol–water partition coefficient (Wildman–Crippen LogP) is 0.756. The fourth-order valence-electron chi connectivity index (χ4n) is 2.74. The number of aryl methyl sites for hydroxylation is 1. The summed E-state index contributed by atoms with van der Waals surface area (Å²) in [6.07, 6.45) is 6.42. The number of hydrogen-bond donors (Lipinski definition) is 2. The summed E-state index contributed by atoms with van der Waals surface area (Å²) in [5, 5.41) is 7.26. The van der Waals surface area contributed by atoms with Gasteiger partial charge in [0.2, 0.25) is 0 Å². The number of aromatic nitrogens is 2. The molecule has 2 rings (SSSR count). The lowest BCUT2D eigenvalue weighted by Gasteiger charge is -2.26. The van der Waals surface area contributed by atoms with Crippen LogP contribution in [0.4, 0.5) is 0 Å². The van der Waals surface area contributed by atoms with Crippen molar-refractivity contribution in [3.8, 4) is 0 Å². The predicted molar refractivity (Wildman–Crippen MR) is 83.3 cm³/mol. The van der Waals surface area contributed by atoms with Gasteiger partial charge in [0.1, 0.15) is 0 Å². The van der Waals surface area contributed by atoms with Gasteiger partial charge >= 0.3 is 0 Å². The maximum Gasteiger partial charge on any atom is 0.254 e. The highest BCUT2D eigenvalue weighted by Crippen LogP contribution is 2.09. The molecule has 0 atom stereocenters. The number of carbonyl (C=O) groups excluding carboxylic acids is 1. The van der Waals surface area contributed by atoms with Crippen LogP contribution in [0.5, 0.6) is 0 Å². The summed E-state index contributed by atoms with van der Waals surface area (Å²) in [6.45, 7) is 7.29. The average molecular weight is 293 g/mol. The quantitative estimate of drug-likeness (QED) is 0.778. The summed E-state index contributed by atoms with van der Waals surface area (Å²) >= 11 is 0. The van der Waals surface area contributed by atoms with Crippen molar-refractivity contribution in [3.63, 3.8) is 0 Å². The van der Waals surface area contributed by atoms with E-state index in [1.807, 2.05) is 11.6 Å². The van der Waals surface area contributed by atoms with Gasteiger partial charge in [-0.15, -0.1) is 0 Å². The summed E-state index contributed by atoms with van der Waals surface area (Å²) in [5.41, 5.74) is 7.09. The number of carbonyl (C=O) groups is 1. The van der Waals surface area contributed by atoms with E-state index < -0.39 is 0 Å². The number of nitrogens with one attached hydrogen (secondary N) is 1. The summed E-state index contributed by atoms with van der Waals surface area (Å²) in [6, 6.07) is 0. The van der Waals surface area contributed by atoms with E-state index in [-0.39, 0.29) is 5.91 Å². The number of piperidine rings is 1. The maximum absolute atomic E-state index is 12.2. The molecule has 6 nitrogen and oxygen atoms in total. The Morgan fingerprint density at radius 3 is 2.81 bits per heavy atom. The third kappa shape index (κ3) is 4.54. The molecule has 1 amide bonds. The zero-order chi connectivity index (χ0) is 15.1. The van der Waals surface area contributed by atoms with Gasteiger partial charge in [0.25, 0.3) is 5.91 Å². The van der Waals surface area contributed by atoms with Crippen molar-refractivity contribution in [2.24, 2.45) is 5.73 Å². The lowest BCUT2D eigenvalue weighted by atomic mass is 10.1. The molecule has 0 aliphatic carbocycles. The van der Waals surface area contributed by atoms with Crippen LogP contribution < -0.4 is 11.1 Å². The first-order valence-corrected chi connectivity index (χ1v) is 7.95. The van der Waals surface area contributed by atoms with E-state index in [4.69, 9.17) is 5.73 Å². The van der Waals surface area contributed by atoms with Crippen LogP contribution in [0, 0.1) is 6.92 Å². The van der Waals surface area contributed by atoms with E-state index in [9.17, 15) is 4.79 Å². The fourth-order valence-corrected chi connectivity index (χ4v) is 2.74. The van der Waals surface area contributed by atoms with Gasteiger partial charge in [0.15, 0.2) is 0 Å². The number of amides is 1. The van der Waals surface area contributed by atoms with Crippen LogP contribution in [0.2, 0.25) is 0 Å². The number of likely N-dealkylation sites (tertiary alicyclic amines) is 1. The van der Waals surface area contributed by atoms with Crippen LogP contribution in [-0.4, -0.2) is 53.3 Å². The van der Waals surface area contributed by atoms with E-state index in [0.29, 0.717) is 18.7 Å². The molecule has 2 heterocycles. The molecule has 3 N–H and O–H groups in total. The molecular formula is C15H27N5O. The lowest BCUT2D eigenvalue weighted by molar-refractivity contribution is 0.0946. The molecule has 0 unspecified atom stereocenters. The Morgan fingerprint density at radius 2 is 2.10 bits per heavy atom. The number of nitrogens with two attached hydrogens (primary N) is 1. The zero-order valence-electron chi connectivity index (χ0n) is 13.0. The first-order valence-electron chi connectivity index (χ1n) is 7.95. The number of hydrogen-bond acceptors (Lipinski definition) is 4. The minimum atomic E-state index is -0.0245. The molecule has 1 aliphatic rings. The summed E-state index contributed by atoms with van der Waals surface area (Å²) in [7, 11) is 0. The molecular weight excluding hydrogens is 266 g/mol. The standard InChI is InChI=1S/C15H27N5O/c1-13-14(12-18-20(13)10-5-6-16)15(21)17-7-11-19-8-3-2-4-9-19/h12H,2-11,16H2,1H3,(H,17,21). The maximum atomic E-state index is 12.2. The Bertz CT molecular complexity index is 451. The Labute approximate surface area is 126 Å². The van der Waals surface area contributed by atoms with Crippen LogP contribution >= 0.6 is 0 Å². The van der Waals surface area contributed by atoms with Gasteiger partial charge in [-0.1, -0.05) is 6.42 Å². The third-order valence-corrected chi connectivity index (χ3v) is 4.08. The van der Waals surface area contributed by atoms with E-state index in [1.165, 1.54) is 19.3 Å². The molecule has 1 aromatic rings. The normalized spacial score (nSPS) is 16.1. The molecule has 1 aromatic heterocycles. The second kappa shape index (κ2) is 8.14. The topological polar surface area (TPSA) is 76.2 Å². The highest BCUT2D eigenvalue weighted by Gasteiger charge is 2.14. The van der Waals surface area contributed by atoms with Gasteiger partial charge in [-0.05, 0) is 45.8 Å². The Morgan fingerprint density at radius 1 is 1.33 bits per heavy atom. The fraction of sp³-hybridized carbons (Fsp3) is 0.733. The highest BCUT2D eigenvalue weighted by molar-refractivity contribution is 5.95. The molecule has 118 valence electrons. The van der Waals surface area contributed by atoms with E-state index in [1.54, 1.807) is 6.20 Å². The van der Waals surface area contributed by atoms with Crippen molar-refractivity contribution < 1.29 is 4.79 Å². The van der Waals surface area contributed by atoms with Gasteiger partial charge in [-0.3, -0.25) is 9.48 Å².